The van der Waals surface area contributed by atoms with Gasteiger partial charge < -0.3 is 10.4 Å². The SMILES string of the molecule is CNS(=O)(=O)c1ccc(Nc2ccc(C(F)(F)F)cc2)c(-c2nnn(CCO)n2)c1. The van der Waals surface area contributed by atoms with Crippen LogP contribution in [-0.2, 0) is 22.7 Å². The van der Waals surface area contributed by atoms with Gasteiger partial charge in [0.25, 0.3) is 0 Å². The standard InChI is InChI=1S/C17H17F3N6O3S/c1-21-30(28,29)13-6-7-15(14(10-13)16-23-25-26(24-16)8-9-27)22-12-4-2-11(3-5-12)17(18,19)20/h2-7,10,21-22,27H,8-9H2,1H3. The Morgan fingerprint density at radius 1 is 1.13 bits per heavy atom. The van der Waals surface area contributed by atoms with E-state index in [2.05, 4.69) is 25.4 Å². The van der Waals surface area contributed by atoms with Crippen molar-refractivity contribution < 1.29 is 26.7 Å². The van der Waals surface area contributed by atoms with Crippen LogP contribution in [0.5, 0.6) is 0 Å². The molecule has 9 nitrogen and oxygen atoms in total. The summed E-state index contributed by atoms with van der Waals surface area (Å²) in [6, 6.07) is 8.46. The van der Waals surface area contributed by atoms with Gasteiger partial charge in [0.15, 0.2) is 0 Å². The normalized spacial score (nSPS) is 12.2. The van der Waals surface area contributed by atoms with E-state index in [1.165, 1.54) is 37.4 Å². The second-order valence-electron chi connectivity index (χ2n) is 6.05. The number of alkyl halides is 3. The number of tetrazole rings is 1. The van der Waals surface area contributed by atoms with Crippen LogP contribution in [0.4, 0.5) is 24.5 Å². The Morgan fingerprint density at radius 3 is 2.43 bits per heavy atom. The Bertz CT molecular complexity index is 1130. The van der Waals surface area contributed by atoms with Gasteiger partial charge in [-0.1, -0.05) is 0 Å². The van der Waals surface area contributed by atoms with Gasteiger partial charge in [-0.2, -0.15) is 18.0 Å². The molecule has 3 N–H and O–H groups in total. The number of nitrogens with one attached hydrogen (secondary N) is 2. The number of hydrogen-bond acceptors (Lipinski definition) is 7. The Morgan fingerprint density at radius 2 is 1.83 bits per heavy atom. The lowest BCUT2D eigenvalue weighted by Gasteiger charge is -2.13. The van der Waals surface area contributed by atoms with Gasteiger partial charge in [-0.25, -0.2) is 13.1 Å². The minimum Gasteiger partial charge on any atom is -0.394 e. The van der Waals surface area contributed by atoms with E-state index in [1.807, 2.05) is 0 Å². The molecular weight excluding hydrogens is 425 g/mol. The van der Waals surface area contributed by atoms with Crippen LogP contribution in [0.15, 0.2) is 47.4 Å². The smallest absolute Gasteiger partial charge is 0.394 e. The average Bonchev–Trinajstić information content (AvgIpc) is 3.16. The molecule has 160 valence electrons. The van der Waals surface area contributed by atoms with Crippen molar-refractivity contribution in [1.82, 2.24) is 24.9 Å². The molecule has 30 heavy (non-hydrogen) atoms. The molecule has 0 atom stereocenters. The van der Waals surface area contributed by atoms with Crippen molar-refractivity contribution >= 4 is 21.4 Å². The molecule has 0 unspecified atom stereocenters. The second-order valence-corrected chi connectivity index (χ2v) is 7.93. The zero-order valence-corrected chi connectivity index (χ0v) is 16.4. The lowest BCUT2D eigenvalue weighted by Crippen LogP contribution is -2.18. The van der Waals surface area contributed by atoms with Crippen LogP contribution in [0, 0.1) is 0 Å². The molecule has 0 aliphatic heterocycles. The maximum Gasteiger partial charge on any atom is 0.416 e. The van der Waals surface area contributed by atoms with Crippen molar-refractivity contribution in [2.24, 2.45) is 0 Å². The fraction of sp³-hybridized carbons (Fsp3) is 0.235. The van der Waals surface area contributed by atoms with E-state index < -0.39 is 21.8 Å². The molecule has 0 aliphatic carbocycles. The fourth-order valence-electron chi connectivity index (χ4n) is 2.54. The summed E-state index contributed by atoms with van der Waals surface area (Å²) in [6.45, 7) is -0.135. The largest absolute Gasteiger partial charge is 0.416 e. The van der Waals surface area contributed by atoms with Crippen LogP contribution in [0.25, 0.3) is 11.4 Å². The van der Waals surface area contributed by atoms with E-state index in [-0.39, 0.29) is 29.4 Å². The van der Waals surface area contributed by atoms with Crippen LogP contribution >= 0.6 is 0 Å². The average molecular weight is 442 g/mol. The van der Waals surface area contributed by atoms with Gasteiger partial charge in [0.05, 0.1) is 23.6 Å². The third-order valence-corrected chi connectivity index (χ3v) is 5.47. The van der Waals surface area contributed by atoms with Crippen LogP contribution in [0.3, 0.4) is 0 Å². The van der Waals surface area contributed by atoms with Crippen LogP contribution in [0.2, 0.25) is 0 Å². The fourth-order valence-corrected chi connectivity index (χ4v) is 3.29. The number of halogens is 3. The zero-order chi connectivity index (χ0) is 21.9. The lowest BCUT2D eigenvalue weighted by molar-refractivity contribution is -0.137. The Hall–Kier alpha value is -3.03. The third-order valence-electron chi connectivity index (χ3n) is 4.06. The number of aliphatic hydroxyl groups excluding tert-OH is 1. The summed E-state index contributed by atoms with van der Waals surface area (Å²) in [7, 11) is -2.51. The maximum absolute atomic E-state index is 12.8. The van der Waals surface area contributed by atoms with Gasteiger partial charge in [-0.15, -0.1) is 10.2 Å². The number of benzene rings is 2. The van der Waals surface area contributed by atoms with Gasteiger partial charge in [0.1, 0.15) is 0 Å². The van der Waals surface area contributed by atoms with E-state index >= 15 is 0 Å². The van der Waals surface area contributed by atoms with E-state index in [9.17, 15) is 21.6 Å². The quantitative estimate of drug-likeness (QED) is 0.512. The molecule has 0 saturated carbocycles. The van der Waals surface area contributed by atoms with Gasteiger partial charge in [-0.05, 0) is 54.7 Å². The van der Waals surface area contributed by atoms with Crippen molar-refractivity contribution in [3.05, 3.63) is 48.0 Å². The molecule has 2 aromatic carbocycles. The summed E-state index contributed by atoms with van der Waals surface area (Å²) >= 11 is 0. The molecular formula is C17H17F3N6O3S. The number of aliphatic hydroxyl groups is 1. The molecule has 3 aromatic rings. The molecule has 13 heteroatoms. The van der Waals surface area contributed by atoms with E-state index in [1.54, 1.807) is 0 Å². The summed E-state index contributed by atoms with van der Waals surface area (Å²) < 4.78 is 64.8. The first-order chi connectivity index (χ1) is 14.1. The first kappa shape index (κ1) is 21.7. The molecule has 0 bridgehead atoms. The van der Waals surface area contributed by atoms with Crippen molar-refractivity contribution in [2.45, 2.75) is 17.6 Å². The third kappa shape index (κ3) is 4.75. The monoisotopic (exact) mass is 442 g/mol. The lowest BCUT2D eigenvalue weighted by atomic mass is 10.1. The van der Waals surface area contributed by atoms with Gasteiger partial charge >= 0.3 is 6.18 Å². The highest BCUT2D eigenvalue weighted by atomic mass is 32.2. The van der Waals surface area contributed by atoms with E-state index in [0.29, 0.717) is 11.4 Å². The van der Waals surface area contributed by atoms with Crippen molar-refractivity contribution in [1.29, 1.82) is 0 Å². The minimum atomic E-state index is -4.46. The van der Waals surface area contributed by atoms with Crippen LogP contribution < -0.4 is 10.0 Å². The second kappa shape index (κ2) is 8.38. The molecule has 1 heterocycles. The molecule has 0 fully saturated rings. The summed E-state index contributed by atoms with van der Waals surface area (Å²) in [5.74, 6) is 0.0750. The highest BCUT2D eigenvalue weighted by Gasteiger charge is 2.30. The van der Waals surface area contributed by atoms with Crippen molar-refractivity contribution in [3.8, 4) is 11.4 Å². The molecule has 3 rings (SSSR count). The number of sulfonamides is 1. The maximum atomic E-state index is 12.8. The topological polar surface area (TPSA) is 122 Å². The predicted molar refractivity (Wildman–Crippen MR) is 101 cm³/mol. The number of aromatic nitrogens is 4. The number of nitrogens with zero attached hydrogens (tertiary/aromatic N) is 4. The van der Waals surface area contributed by atoms with Gasteiger partial charge in [0.2, 0.25) is 15.8 Å². The predicted octanol–water partition coefficient (Wildman–Crippen LogP) is 2.00. The van der Waals surface area contributed by atoms with Crippen LogP contribution in [-0.4, -0.2) is 47.4 Å². The summed E-state index contributed by atoms with van der Waals surface area (Å²) in [6.07, 6.45) is -4.46. The molecule has 0 spiro atoms. The van der Waals surface area contributed by atoms with Crippen molar-refractivity contribution in [3.63, 3.8) is 0 Å². The van der Waals surface area contributed by atoms with E-state index in [0.717, 1.165) is 16.9 Å². The molecule has 0 saturated heterocycles. The van der Waals surface area contributed by atoms with Gasteiger partial charge in [-0.3, -0.25) is 0 Å². The van der Waals surface area contributed by atoms with Gasteiger partial charge in [0, 0.05) is 16.9 Å². The summed E-state index contributed by atoms with van der Waals surface area (Å²) in [5, 5.41) is 23.7. The summed E-state index contributed by atoms with van der Waals surface area (Å²) in [4.78, 5) is 1.08. The summed E-state index contributed by atoms with van der Waals surface area (Å²) in [5.41, 5.74) is 0.164. The highest BCUT2D eigenvalue weighted by Crippen LogP contribution is 2.33. The van der Waals surface area contributed by atoms with Crippen molar-refractivity contribution in [2.75, 3.05) is 19.0 Å². The Balaban J connectivity index is 2.02. The zero-order valence-electron chi connectivity index (χ0n) is 15.6. The number of rotatable bonds is 7. The first-order valence-electron chi connectivity index (χ1n) is 8.55. The molecule has 0 radical (unpaired) electrons. The highest BCUT2D eigenvalue weighted by molar-refractivity contribution is 7.89. The minimum absolute atomic E-state index is 0.0588. The van der Waals surface area contributed by atoms with E-state index in [4.69, 9.17) is 5.11 Å². The molecule has 0 aliphatic rings. The molecule has 1 aromatic heterocycles. The molecule has 0 amide bonds. The Labute approximate surface area is 169 Å². The Kier molecular flexibility index (Phi) is 6.05. The number of anilines is 2. The van der Waals surface area contributed by atoms with Crippen LogP contribution in [0.1, 0.15) is 5.56 Å². The first-order valence-corrected chi connectivity index (χ1v) is 10.0. The number of hydrogen-bond donors (Lipinski definition) is 3.